The third-order valence-electron chi connectivity index (χ3n) is 4.11. The highest BCUT2D eigenvalue weighted by molar-refractivity contribution is 5.97. The molecule has 0 unspecified atom stereocenters. The molecule has 1 aliphatic heterocycles. The molecule has 0 aliphatic carbocycles. The molecule has 138 valence electrons. The average Bonchev–Trinajstić information content (AvgIpc) is 2.60. The molecule has 0 bridgehead atoms. The van der Waals surface area contributed by atoms with E-state index in [4.69, 9.17) is 0 Å². The molecule has 1 saturated heterocycles. The van der Waals surface area contributed by atoms with Crippen molar-refractivity contribution < 1.29 is 9.59 Å². The molecule has 0 atom stereocenters. The van der Waals surface area contributed by atoms with E-state index in [9.17, 15) is 9.59 Å². The van der Waals surface area contributed by atoms with E-state index in [1.807, 2.05) is 0 Å². The maximum Gasteiger partial charge on any atom is 0.251 e. The van der Waals surface area contributed by atoms with Crippen LogP contribution in [0, 0.1) is 5.41 Å². The summed E-state index contributed by atoms with van der Waals surface area (Å²) in [5.41, 5.74) is 1.19. The van der Waals surface area contributed by atoms with Crippen molar-refractivity contribution in [3.8, 4) is 0 Å². The van der Waals surface area contributed by atoms with Crippen LogP contribution in [0.1, 0.15) is 41.5 Å². The van der Waals surface area contributed by atoms with Gasteiger partial charge in [-0.25, -0.2) is 0 Å². The van der Waals surface area contributed by atoms with E-state index in [1.54, 1.807) is 24.3 Å². The fraction of sp³-hybridized carbons (Fsp3) is 0.579. The number of piperazine rings is 1. The molecule has 2 rings (SSSR count). The number of nitrogens with one attached hydrogen (secondary N) is 3. The number of carbonyl (C=O) groups is 2. The molecule has 0 radical (unpaired) electrons. The molecule has 0 aromatic heterocycles. The van der Waals surface area contributed by atoms with Gasteiger partial charge in [0.25, 0.3) is 11.8 Å². The van der Waals surface area contributed by atoms with E-state index in [2.05, 4.69) is 41.6 Å². The Kier molecular flexibility index (Phi) is 6.96. The highest BCUT2D eigenvalue weighted by atomic mass is 16.2. The van der Waals surface area contributed by atoms with Crippen molar-refractivity contribution in [2.45, 2.75) is 20.8 Å². The molecule has 0 saturated carbocycles. The van der Waals surface area contributed by atoms with Gasteiger partial charge in [-0.1, -0.05) is 20.8 Å². The average molecular weight is 346 g/mol. The van der Waals surface area contributed by atoms with Crippen LogP contribution in [0.2, 0.25) is 0 Å². The van der Waals surface area contributed by atoms with Crippen molar-refractivity contribution in [3.63, 3.8) is 0 Å². The monoisotopic (exact) mass is 346 g/mol. The smallest absolute Gasteiger partial charge is 0.251 e. The number of nitrogens with zero attached hydrogens (tertiary/aromatic N) is 1. The van der Waals surface area contributed by atoms with Gasteiger partial charge >= 0.3 is 0 Å². The van der Waals surface area contributed by atoms with Crippen LogP contribution >= 0.6 is 0 Å². The van der Waals surface area contributed by atoms with E-state index in [-0.39, 0.29) is 17.2 Å². The van der Waals surface area contributed by atoms with Crippen LogP contribution < -0.4 is 16.0 Å². The first kappa shape index (κ1) is 19.4. The Labute approximate surface area is 150 Å². The van der Waals surface area contributed by atoms with Crippen LogP contribution in [0.3, 0.4) is 0 Å². The SMILES string of the molecule is CC(C)(C)CNC(=O)c1ccc(C(=O)NCCN2CCNCC2)cc1. The Balaban J connectivity index is 1.78. The molecule has 25 heavy (non-hydrogen) atoms. The Morgan fingerprint density at radius 3 is 2.04 bits per heavy atom. The van der Waals surface area contributed by atoms with E-state index >= 15 is 0 Å². The molecular weight excluding hydrogens is 316 g/mol. The lowest BCUT2D eigenvalue weighted by atomic mass is 9.97. The number of carbonyl (C=O) groups excluding carboxylic acids is 2. The maximum absolute atomic E-state index is 12.2. The minimum absolute atomic E-state index is 0.0416. The summed E-state index contributed by atoms with van der Waals surface area (Å²) in [6.07, 6.45) is 0. The summed E-state index contributed by atoms with van der Waals surface area (Å²) in [6, 6.07) is 6.80. The molecule has 3 N–H and O–H groups in total. The number of benzene rings is 1. The summed E-state index contributed by atoms with van der Waals surface area (Å²) in [5.74, 6) is -0.211. The Morgan fingerprint density at radius 2 is 1.52 bits per heavy atom. The zero-order valence-electron chi connectivity index (χ0n) is 15.5. The quantitative estimate of drug-likeness (QED) is 0.721. The Hall–Kier alpha value is -1.92. The van der Waals surface area contributed by atoms with Gasteiger partial charge in [0.2, 0.25) is 0 Å². The largest absolute Gasteiger partial charge is 0.352 e. The highest BCUT2D eigenvalue weighted by Gasteiger charge is 2.14. The van der Waals surface area contributed by atoms with Gasteiger partial charge in [-0.05, 0) is 29.7 Å². The van der Waals surface area contributed by atoms with Gasteiger partial charge in [-0.3, -0.25) is 14.5 Å². The van der Waals surface area contributed by atoms with Gasteiger partial charge < -0.3 is 16.0 Å². The Bertz CT molecular complexity index is 572. The summed E-state index contributed by atoms with van der Waals surface area (Å²) >= 11 is 0. The van der Waals surface area contributed by atoms with Gasteiger partial charge in [-0.15, -0.1) is 0 Å². The van der Waals surface area contributed by atoms with E-state index in [0.717, 1.165) is 32.7 Å². The van der Waals surface area contributed by atoms with Gasteiger partial charge in [0.1, 0.15) is 0 Å². The zero-order chi connectivity index (χ0) is 18.3. The second kappa shape index (κ2) is 8.97. The normalized spacial score (nSPS) is 15.6. The number of rotatable bonds is 6. The van der Waals surface area contributed by atoms with Crippen LogP contribution in [0.4, 0.5) is 0 Å². The summed E-state index contributed by atoms with van der Waals surface area (Å²) in [5, 5.41) is 9.16. The number of hydrogen-bond donors (Lipinski definition) is 3. The van der Waals surface area contributed by atoms with Crippen molar-refractivity contribution in [1.82, 2.24) is 20.9 Å². The summed E-state index contributed by atoms with van der Waals surface area (Å²) in [4.78, 5) is 26.6. The number of amides is 2. The standard InChI is InChI=1S/C19H30N4O2/c1-19(2,3)14-22-18(25)16-6-4-15(5-7-16)17(24)21-10-13-23-11-8-20-9-12-23/h4-7,20H,8-14H2,1-3H3,(H,21,24)(H,22,25). The molecule has 1 fully saturated rings. The lowest BCUT2D eigenvalue weighted by Crippen LogP contribution is -2.46. The molecule has 1 aliphatic rings. The van der Waals surface area contributed by atoms with E-state index < -0.39 is 0 Å². The molecule has 6 heteroatoms. The highest BCUT2D eigenvalue weighted by Crippen LogP contribution is 2.11. The fourth-order valence-electron chi connectivity index (χ4n) is 2.58. The topological polar surface area (TPSA) is 73.5 Å². The van der Waals surface area contributed by atoms with Gasteiger partial charge in [0.15, 0.2) is 0 Å². The third-order valence-corrected chi connectivity index (χ3v) is 4.11. The van der Waals surface area contributed by atoms with Crippen molar-refractivity contribution >= 4 is 11.8 Å². The fourth-order valence-corrected chi connectivity index (χ4v) is 2.58. The van der Waals surface area contributed by atoms with Crippen LogP contribution in [-0.2, 0) is 0 Å². The predicted octanol–water partition coefficient (Wildman–Crippen LogP) is 1.10. The van der Waals surface area contributed by atoms with Crippen molar-refractivity contribution in [2.75, 3.05) is 45.8 Å². The molecule has 2 amide bonds. The maximum atomic E-state index is 12.2. The van der Waals surface area contributed by atoms with Crippen LogP contribution in [-0.4, -0.2) is 62.5 Å². The summed E-state index contributed by atoms with van der Waals surface area (Å²) in [6.45, 7) is 12.4. The van der Waals surface area contributed by atoms with Crippen LogP contribution in [0.15, 0.2) is 24.3 Å². The second-order valence-corrected chi connectivity index (χ2v) is 7.67. The van der Waals surface area contributed by atoms with Gasteiger partial charge in [0, 0.05) is 56.9 Å². The third kappa shape index (κ3) is 6.84. The molecule has 6 nitrogen and oxygen atoms in total. The predicted molar refractivity (Wildman–Crippen MR) is 99.9 cm³/mol. The molecule has 1 aromatic rings. The summed E-state index contributed by atoms with van der Waals surface area (Å²) < 4.78 is 0. The van der Waals surface area contributed by atoms with Crippen LogP contribution in [0.5, 0.6) is 0 Å². The molecular formula is C19H30N4O2. The first-order valence-electron chi connectivity index (χ1n) is 8.95. The van der Waals surface area contributed by atoms with Crippen molar-refractivity contribution in [3.05, 3.63) is 35.4 Å². The Morgan fingerprint density at radius 1 is 1.00 bits per heavy atom. The van der Waals surface area contributed by atoms with Crippen molar-refractivity contribution in [2.24, 2.45) is 5.41 Å². The van der Waals surface area contributed by atoms with E-state index in [1.165, 1.54) is 0 Å². The number of hydrogen-bond acceptors (Lipinski definition) is 4. The van der Waals surface area contributed by atoms with Crippen LogP contribution in [0.25, 0.3) is 0 Å². The van der Waals surface area contributed by atoms with Gasteiger partial charge in [0.05, 0.1) is 0 Å². The minimum atomic E-state index is -0.111. The minimum Gasteiger partial charge on any atom is -0.352 e. The first-order valence-corrected chi connectivity index (χ1v) is 8.95. The molecule has 1 heterocycles. The zero-order valence-corrected chi connectivity index (χ0v) is 15.5. The van der Waals surface area contributed by atoms with E-state index in [0.29, 0.717) is 24.2 Å². The first-order chi connectivity index (χ1) is 11.8. The lowest BCUT2D eigenvalue weighted by Gasteiger charge is -2.27. The summed E-state index contributed by atoms with van der Waals surface area (Å²) in [7, 11) is 0. The van der Waals surface area contributed by atoms with Crippen molar-refractivity contribution in [1.29, 1.82) is 0 Å². The lowest BCUT2D eigenvalue weighted by molar-refractivity contribution is 0.0931. The van der Waals surface area contributed by atoms with Gasteiger partial charge in [-0.2, -0.15) is 0 Å². The molecule has 1 aromatic carbocycles. The molecule has 0 spiro atoms. The second-order valence-electron chi connectivity index (χ2n) is 7.67.